The van der Waals surface area contributed by atoms with Gasteiger partial charge in [0.25, 0.3) is 0 Å². The average molecular weight is 240 g/mol. The van der Waals surface area contributed by atoms with Gasteiger partial charge in [-0.3, -0.25) is 4.98 Å². The van der Waals surface area contributed by atoms with E-state index in [0.29, 0.717) is 6.54 Å². The zero-order chi connectivity index (χ0) is 11.6. The van der Waals surface area contributed by atoms with Crippen LogP contribution in [0.15, 0.2) is 24.5 Å². The van der Waals surface area contributed by atoms with Crippen LogP contribution in [-0.2, 0) is 16.6 Å². The van der Waals surface area contributed by atoms with Gasteiger partial charge in [0, 0.05) is 25.0 Å². The highest BCUT2D eigenvalue weighted by Gasteiger charge is 2.36. The minimum Gasteiger partial charge on any atom is -0.264 e. The van der Waals surface area contributed by atoms with Crippen molar-refractivity contribution in [3.8, 4) is 0 Å². The van der Waals surface area contributed by atoms with Crippen molar-refractivity contribution in [3.05, 3.63) is 30.1 Å². The van der Waals surface area contributed by atoms with E-state index >= 15 is 0 Å². The van der Waals surface area contributed by atoms with Crippen molar-refractivity contribution in [1.82, 2.24) is 9.29 Å². The summed E-state index contributed by atoms with van der Waals surface area (Å²) in [6.07, 6.45) is 5.39. The molecule has 0 aromatic carbocycles. The monoisotopic (exact) mass is 240 g/mol. The smallest absolute Gasteiger partial charge is 0.214 e. The molecule has 1 fully saturated rings. The zero-order valence-electron chi connectivity index (χ0n) is 9.33. The van der Waals surface area contributed by atoms with Gasteiger partial charge in [0.15, 0.2) is 0 Å². The van der Waals surface area contributed by atoms with Gasteiger partial charge < -0.3 is 0 Å². The molecule has 1 heterocycles. The van der Waals surface area contributed by atoms with E-state index in [9.17, 15) is 8.42 Å². The molecule has 0 radical (unpaired) electrons. The van der Waals surface area contributed by atoms with Crippen molar-refractivity contribution >= 4 is 10.0 Å². The summed E-state index contributed by atoms with van der Waals surface area (Å²) in [6.45, 7) is 2.14. The standard InChI is InChI=1S/C11H16N2O2S/c1-2-16(14,15)13(11-5-6-11)9-10-4-3-7-12-8-10/h3-4,7-8,11H,2,5-6,9H2,1H3. The lowest BCUT2D eigenvalue weighted by Gasteiger charge is -2.20. The number of rotatable bonds is 5. The molecule has 5 heteroatoms. The summed E-state index contributed by atoms with van der Waals surface area (Å²) < 4.78 is 25.4. The average Bonchev–Trinajstić information content (AvgIpc) is 3.11. The fourth-order valence-electron chi connectivity index (χ4n) is 1.65. The molecule has 1 aliphatic carbocycles. The van der Waals surface area contributed by atoms with Crippen LogP contribution in [-0.4, -0.2) is 29.5 Å². The lowest BCUT2D eigenvalue weighted by Crippen LogP contribution is -2.33. The highest BCUT2D eigenvalue weighted by Crippen LogP contribution is 2.30. The van der Waals surface area contributed by atoms with Crippen molar-refractivity contribution in [3.63, 3.8) is 0 Å². The first kappa shape index (κ1) is 11.5. The molecule has 88 valence electrons. The van der Waals surface area contributed by atoms with Crippen LogP contribution in [0.5, 0.6) is 0 Å². The van der Waals surface area contributed by atoms with E-state index in [0.717, 1.165) is 18.4 Å². The van der Waals surface area contributed by atoms with Crippen LogP contribution in [0.3, 0.4) is 0 Å². The Bertz CT molecular complexity index is 440. The normalized spacial score (nSPS) is 16.6. The SMILES string of the molecule is CCS(=O)(=O)N(Cc1cccnc1)C1CC1. The van der Waals surface area contributed by atoms with Crippen LogP contribution in [0.25, 0.3) is 0 Å². The number of hydrogen-bond acceptors (Lipinski definition) is 3. The molecule has 16 heavy (non-hydrogen) atoms. The maximum absolute atomic E-state index is 11.9. The van der Waals surface area contributed by atoms with Crippen molar-refractivity contribution in [2.75, 3.05) is 5.75 Å². The predicted octanol–water partition coefficient (Wildman–Crippen LogP) is 1.40. The Morgan fingerprint density at radius 1 is 1.50 bits per heavy atom. The number of nitrogens with zero attached hydrogens (tertiary/aromatic N) is 2. The van der Waals surface area contributed by atoms with E-state index in [1.807, 2.05) is 12.1 Å². The molecule has 0 unspecified atom stereocenters. The Hall–Kier alpha value is -0.940. The van der Waals surface area contributed by atoms with Gasteiger partial charge in [0.2, 0.25) is 10.0 Å². The fourth-order valence-corrected chi connectivity index (χ4v) is 3.00. The summed E-state index contributed by atoms with van der Waals surface area (Å²) in [5, 5.41) is 0. The van der Waals surface area contributed by atoms with E-state index < -0.39 is 10.0 Å². The molecular weight excluding hydrogens is 224 g/mol. The molecule has 1 aromatic heterocycles. The van der Waals surface area contributed by atoms with Gasteiger partial charge in [-0.25, -0.2) is 8.42 Å². The lowest BCUT2D eigenvalue weighted by molar-refractivity contribution is 0.399. The van der Waals surface area contributed by atoms with Crippen molar-refractivity contribution < 1.29 is 8.42 Å². The van der Waals surface area contributed by atoms with Crippen LogP contribution in [0.1, 0.15) is 25.3 Å². The number of aromatic nitrogens is 1. The fraction of sp³-hybridized carbons (Fsp3) is 0.545. The van der Waals surface area contributed by atoms with Crippen LogP contribution in [0.2, 0.25) is 0 Å². The first-order chi connectivity index (χ1) is 7.63. The van der Waals surface area contributed by atoms with E-state index in [2.05, 4.69) is 4.98 Å². The highest BCUT2D eigenvalue weighted by molar-refractivity contribution is 7.89. The van der Waals surface area contributed by atoms with Gasteiger partial charge in [-0.1, -0.05) is 6.07 Å². The van der Waals surface area contributed by atoms with Crippen molar-refractivity contribution in [2.45, 2.75) is 32.4 Å². The first-order valence-corrected chi connectivity index (χ1v) is 7.13. The van der Waals surface area contributed by atoms with Crippen LogP contribution in [0.4, 0.5) is 0 Å². The van der Waals surface area contributed by atoms with Gasteiger partial charge in [0.1, 0.15) is 0 Å². The van der Waals surface area contributed by atoms with Crippen LogP contribution >= 0.6 is 0 Å². The van der Waals surface area contributed by atoms with Gasteiger partial charge in [0.05, 0.1) is 5.75 Å². The molecule has 0 N–H and O–H groups in total. The molecule has 0 saturated heterocycles. The Morgan fingerprint density at radius 2 is 2.25 bits per heavy atom. The second-order valence-electron chi connectivity index (χ2n) is 4.04. The second-order valence-corrected chi connectivity index (χ2v) is 6.25. The summed E-state index contributed by atoms with van der Waals surface area (Å²) in [6, 6.07) is 3.96. The third-order valence-corrected chi connectivity index (χ3v) is 4.61. The van der Waals surface area contributed by atoms with Gasteiger partial charge in [-0.15, -0.1) is 0 Å². The van der Waals surface area contributed by atoms with Crippen molar-refractivity contribution in [2.24, 2.45) is 0 Å². The third-order valence-electron chi connectivity index (χ3n) is 2.74. The number of sulfonamides is 1. The summed E-state index contributed by atoms with van der Waals surface area (Å²) in [5.41, 5.74) is 0.950. The minimum atomic E-state index is -3.09. The quantitative estimate of drug-likeness (QED) is 0.781. The van der Waals surface area contributed by atoms with Crippen LogP contribution < -0.4 is 0 Å². The second kappa shape index (κ2) is 4.51. The summed E-state index contributed by atoms with van der Waals surface area (Å²) in [7, 11) is -3.09. The Morgan fingerprint density at radius 3 is 2.75 bits per heavy atom. The Balaban J connectivity index is 2.16. The third kappa shape index (κ3) is 2.59. The van der Waals surface area contributed by atoms with Crippen molar-refractivity contribution in [1.29, 1.82) is 0 Å². The van der Waals surface area contributed by atoms with E-state index in [4.69, 9.17) is 0 Å². The molecule has 0 bridgehead atoms. The van der Waals surface area contributed by atoms with Gasteiger partial charge in [-0.2, -0.15) is 4.31 Å². The summed E-state index contributed by atoms with van der Waals surface area (Å²) >= 11 is 0. The van der Waals surface area contributed by atoms with Gasteiger partial charge >= 0.3 is 0 Å². The molecule has 4 nitrogen and oxygen atoms in total. The molecule has 0 spiro atoms. The minimum absolute atomic E-state index is 0.170. The topological polar surface area (TPSA) is 50.3 Å². The van der Waals surface area contributed by atoms with E-state index in [1.54, 1.807) is 23.6 Å². The Labute approximate surface area is 96.4 Å². The van der Waals surface area contributed by atoms with E-state index in [1.165, 1.54) is 0 Å². The van der Waals surface area contributed by atoms with E-state index in [-0.39, 0.29) is 11.8 Å². The largest absolute Gasteiger partial charge is 0.264 e. The maximum Gasteiger partial charge on any atom is 0.214 e. The number of pyridine rings is 1. The molecule has 2 rings (SSSR count). The molecule has 1 aliphatic rings. The summed E-state index contributed by atoms with van der Waals surface area (Å²) in [4.78, 5) is 4.00. The Kier molecular flexibility index (Phi) is 3.25. The lowest BCUT2D eigenvalue weighted by atomic mass is 10.3. The molecular formula is C11H16N2O2S. The molecule has 1 aromatic rings. The summed E-state index contributed by atoms with van der Waals surface area (Å²) in [5.74, 6) is 0.170. The molecule has 0 atom stereocenters. The zero-order valence-corrected chi connectivity index (χ0v) is 10.2. The first-order valence-electron chi connectivity index (χ1n) is 5.52. The predicted molar refractivity (Wildman–Crippen MR) is 62.3 cm³/mol. The number of hydrogen-bond donors (Lipinski definition) is 0. The molecule has 0 amide bonds. The molecule has 1 saturated carbocycles. The highest BCUT2D eigenvalue weighted by atomic mass is 32.2. The molecule has 0 aliphatic heterocycles. The maximum atomic E-state index is 11.9. The van der Waals surface area contributed by atoms with Crippen LogP contribution in [0, 0.1) is 0 Å². The van der Waals surface area contributed by atoms with Gasteiger partial charge in [-0.05, 0) is 31.4 Å².